The van der Waals surface area contributed by atoms with Crippen molar-refractivity contribution >= 4 is 23.2 Å². The summed E-state index contributed by atoms with van der Waals surface area (Å²) < 4.78 is 10.8. The molecule has 0 fully saturated rings. The van der Waals surface area contributed by atoms with Crippen molar-refractivity contribution in [3.8, 4) is 5.75 Å². The van der Waals surface area contributed by atoms with Gasteiger partial charge < -0.3 is 20.9 Å². The van der Waals surface area contributed by atoms with E-state index in [1.807, 2.05) is 13.8 Å². The summed E-state index contributed by atoms with van der Waals surface area (Å²) in [5.74, 6) is -0.395. The van der Waals surface area contributed by atoms with E-state index in [0.717, 1.165) is 0 Å². The Labute approximate surface area is 111 Å². The van der Waals surface area contributed by atoms with Crippen LogP contribution in [0.1, 0.15) is 24.2 Å². The molecule has 0 radical (unpaired) electrons. The number of primary amides is 1. The van der Waals surface area contributed by atoms with E-state index in [0.29, 0.717) is 18.9 Å². The first-order chi connectivity index (χ1) is 8.45. The van der Waals surface area contributed by atoms with Crippen molar-refractivity contribution in [2.24, 2.45) is 5.73 Å². The quantitative estimate of drug-likeness (QED) is 0.773. The van der Waals surface area contributed by atoms with Gasteiger partial charge in [0.2, 0.25) is 0 Å². The highest BCUT2D eigenvalue weighted by molar-refractivity contribution is 6.33. The predicted octanol–water partition coefficient (Wildman–Crippen LogP) is 1.82. The first-order valence-electron chi connectivity index (χ1n) is 5.59. The van der Waals surface area contributed by atoms with Crippen LogP contribution >= 0.6 is 11.6 Å². The summed E-state index contributed by atoms with van der Waals surface area (Å²) in [4.78, 5) is 11.3. The van der Waals surface area contributed by atoms with Gasteiger partial charge in [-0.1, -0.05) is 11.6 Å². The minimum atomic E-state index is -0.636. The molecule has 1 rings (SSSR count). The Morgan fingerprint density at radius 2 is 2.17 bits per heavy atom. The van der Waals surface area contributed by atoms with Gasteiger partial charge in [-0.2, -0.15) is 0 Å². The van der Waals surface area contributed by atoms with Gasteiger partial charge in [-0.05, 0) is 26.0 Å². The molecular formula is C12H17ClN2O3. The highest BCUT2D eigenvalue weighted by atomic mass is 35.5. The number of anilines is 1. The van der Waals surface area contributed by atoms with Crippen LogP contribution in [0.3, 0.4) is 0 Å². The predicted molar refractivity (Wildman–Crippen MR) is 71.0 cm³/mol. The lowest BCUT2D eigenvalue weighted by atomic mass is 10.1. The standard InChI is InChI=1S/C12H17ClN2O3/c1-3-17-6-7(2)18-11-9(12(15)16)4-8(14)5-10(11)13/h4-5,7H,3,6,14H2,1-2H3,(H2,15,16). The molecule has 0 aromatic heterocycles. The maximum absolute atomic E-state index is 11.3. The Morgan fingerprint density at radius 1 is 1.50 bits per heavy atom. The minimum Gasteiger partial charge on any atom is -0.486 e. The van der Waals surface area contributed by atoms with Crippen LogP contribution in [0.25, 0.3) is 0 Å². The second kappa shape index (κ2) is 6.47. The Balaban J connectivity index is 2.96. The summed E-state index contributed by atoms with van der Waals surface area (Å²) in [6, 6.07) is 2.95. The van der Waals surface area contributed by atoms with E-state index in [-0.39, 0.29) is 22.4 Å². The number of nitrogens with two attached hydrogens (primary N) is 2. The van der Waals surface area contributed by atoms with Gasteiger partial charge >= 0.3 is 0 Å². The first-order valence-corrected chi connectivity index (χ1v) is 5.96. The fourth-order valence-electron chi connectivity index (χ4n) is 1.44. The smallest absolute Gasteiger partial charge is 0.252 e. The number of carbonyl (C=O) groups excluding carboxylic acids is 1. The Morgan fingerprint density at radius 3 is 2.72 bits per heavy atom. The van der Waals surface area contributed by atoms with Crippen molar-refractivity contribution in [3.63, 3.8) is 0 Å². The molecule has 0 aliphatic heterocycles. The number of carbonyl (C=O) groups is 1. The molecule has 0 bridgehead atoms. The second-order valence-corrected chi connectivity index (χ2v) is 4.24. The fraction of sp³-hybridized carbons (Fsp3) is 0.417. The topological polar surface area (TPSA) is 87.6 Å². The Bertz CT molecular complexity index is 438. The van der Waals surface area contributed by atoms with Crippen LogP contribution < -0.4 is 16.2 Å². The molecule has 0 saturated carbocycles. The van der Waals surface area contributed by atoms with Crippen molar-refractivity contribution in [1.29, 1.82) is 0 Å². The van der Waals surface area contributed by atoms with Gasteiger partial charge in [0.15, 0.2) is 5.75 Å². The second-order valence-electron chi connectivity index (χ2n) is 3.83. The van der Waals surface area contributed by atoms with Gasteiger partial charge in [0, 0.05) is 12.3 Å². The number of benzene rings is 1. The molecule has 0 saturated heterocycles. The summed E-state index contributed by atoms with van der Waals surface area (Å²) in [7, 11) is 0. The Hall–Kier alpha value is -1.46. The molecule has 0 aliphatic rings. The molecule has 1 atom stereocenters. The number of ether oxygens (including phenoxy) is 2. The van der Waals surface area contributed by atoms with Gasteiger partial charge in [-0.15, -0.1) is 0 Å². The van der Waals surface area contributed by atoms with Gasteiger partial charge in [0.25, 0.3) is 5.91 Å². The van der Waals surface area contributed by atoms with Crippen molar-refractivity contribution in [2.75, 3.05) is 18.9 Å². The zero-order valence-corrected chi connectivity index (χ0v) is 11.2. The molecule has 18 heavy (non-hydrogen) atoms. The van der Waals surface area contributed by atoms with E-state index < -0.39 is 5.91 Å². The summed E-state index contributed by atoms with van der Waals surface area (Å²) in [5.41, 5.74) is 11.4. The maximum atomic E-state index is 11.3. The number of rotatable bonds is 6. The molecule has 100 valence electrons. The molecule has 1 unspecified atom stereocenters. The van der Waals surface area contributed by atoms with E-state index in [9.17, 15) is 4.79 Å². The lowest BCUT2D eigenvalue weighted by Gasteiger charge is -2.18. The highest BCUT2D eigenvalue weighted by Crippen LogP contribution is 2.32. The lowest BCUT2D eigenvalue weighted by Crippen LogP contribution is -2.22. The van der Waals surface area contributed by atoms with E-state index >= 15 is 0 Å². The summed E-state index contributed by atoms with van der Waals surface area (Å²) >= 11 is 6.00. The van der Waals surface area contributed by atoms with Crippen LogP contribution in [0.2, 0.25) is 5.02 Å². The molecule has 1 aromatic carbocycles. The maximum Gasteiger partial charge on any atom is 0.252 e. The van der Waals surface area contributed by atoms with Gasteiger partial charge in [0.1, 0.15) is 6.10 Å². The zero-order chi connectivity index (χ0) is 13.7. The van der Waals surface area contributed by atoms with Gasteiger partial charge in [-0.3, -0.25) is 4.79 Å². The lowest BCUT2D eigenvalue weighted by molar-refractivity contribution is 0.0648. The van der Waals surface area contributed by atoms with Crippen molar-refractivity contribution in [2.45, 2.75) is 20.0 Å². The summed E-state index contributed by atoms with van der Waals surface area (Å²) in [5, 5.41) is 0.257. The monoisotopic (exact) mass is 272 g/mol. The Kier molecular flexibility index (Phi) is 5.25. The number of hydrogen-bond acceptors (Lipinski definition) is 4. The molecule has 0 aliphatic carbocycles. The SMILES string of the molecule is CCOCC(C)Oc1c(Cl)cc(N)cc1C(N)=O. The molecule has 5 nitrogen and oxygen atoms in total. The highest BCUT2D eigenvalue weighted by Gasteiger charge is 2.17. The molecular weight excluding hydrogens is 256 g/mol. The normalized spacial score (nSPS) is 12.2. The minimum absolute atomic E-state index is 0.170. The van der Waals surface area contributed by atoms with Crippen molar-refractivity contribution in [1.82, 2.24) is 0 Å². The van der Waals surface area contributed by atoms with Crippen LogP contribution in [0, 0.1) is 0 Å². The molecule has 4 N–H and O–H groups in total. The van der Waals surface area contributed by atoms with Gasteiger partial charge in [-0.25, -0.2) is 0 Å². The first kappa shape index (κ1) is 14.6. The van der Waals surface area contributed by atoms with Crippen LogP contribution in [0.15, 0.2) is 12.1 Å². The number of halogens is 1. The van der Waals surface area contributed by atoms with E-state index in [2.05, 4.69) is 0 Å². The van der Waals surface area contributed by atoms with Crippen molar-refractivity contribution < 1.29 is 14.3 Å². The molecule has 0 spiro atoms. The molecule has 1 amide bonds. The van der Waals surface area contributed by atoms with E-state index in [1.54, 1.807) is 0 Å². The van der Waals surface area contributed by atoms with Crippen LogP contribution in [0.4, 0.5) is 5.69 Å². The average molecular weight is 273 g/mol. The zero-order valence-electron chi connectivity index (χ0n) is 10.4. The van der Waals surface area contributed by atoms with E-state index in [1.165, 1.54) is 12.1 Å². The summed E-state index contributed by atoms with van der Waals surface area (Å²) in [6.07, 6.45) is -0.246. The number of amides is 1. The van der Waals surface area contributed by atoms with Crippen LogP contribution in [-0.4, -0.2) is 25.2 Å². The molecule has 0 heterocycles. The summed E-state index contributed by atoms with van der Waals surface area (Å²) in [6.45, 7) is 4.69. The third-order valence-electron chi connectivity index (χ3n) is 2.21. The van der Waals surface area contributed by atoms with Crippen LogP contribution in [-0.2, 0) is 4.74 Å². The molecule has 1 aromatic rings. The molecule has 6 heteroatoms. The fourth-order valence-corrected chi connectivity index (χ4v) is 1.71. The average Bonchev–Trinajstić information content (AvgIpc) is 2.29. The van der Waals surface area contributed by atoms with E-state index in [4.69, 9.17) is 32.5 Å². The van der Waals surface area contributed by atoms with Crippen molar-refractivity contribution in [3.05, 3.63) is 22.7 Å². The van der Waals surface area contributed by atoms with Gasteiger partial charge in [0.05, 0.1) is 17.2 Å². The number of nitrogen functional groups attached to an aromatic ring is 1. The third kappa shape index (κ3) is 3.78. The van der Waals surface area contributed by atoms with Crippen LogP contribution in [0.5, 0.6) is 5.75 Å². The number of hydrogen-bond donors (Lipinski definition) is 2. The third-order valence-corrected chi connectivity index (χ3v) is 2.49. The largest absolute Gasteiger partial charge is 0.486 e.